The third-order valence-corrected chi connectivity index (χ3v) is 4.50. The van der Waals surface area contributed by atoms with Crippen LogP contribution in [0.2, 0.25) is 0 Å². The number of hydrogen-bond acceptors (Lipinski definition) is 7. The lowest BCUT2D eigenvalue weighted by Gasteiger charge is -2.17. The van der Waals surface area contributed by atoms with Crippen LogP contribution in [0.1, 0.15) is 32.1 Å². The summed E-state index contributed by atoms with van der Waals surface area (Å²) < 4.78 is 21.6. The van der Waals surface area contributed by atoms with E-state index in [1.807, 2.05) is 0 Å². The zero-order valence-corrected chi connectivity index (χ0v) is 18.0. The molecule has 1 rings (SSSR count). The van der Waals surface area contributed by atoms with Crippen LogP contribution < -0.4 is 16.0 Å². The standard InChI is InChI=1S/C20H37N3O7/c1-21-19(25)14-17-5-8-28-9-6-22-20(26)16-30-13-12-29-11-10-27-7-3-2-4-18(24)23-15-17/h17H,2-16H2,1H3,(H,21,25)(H,22,26)(H,23,24). The Morgan fingerprint density at radius 1 is 0.900 bits per heavy atom. The van der Waals surface area contributed by atoms with Gasteiger partial charge in [0, 0.05) is 46.2 Å². The number of nitrogens with one attached hydrogen (secondary N) is 3. The van der Waals surface area contributed by atoms with E-state index in [1.165, 1.54) is 0 Å². The Morgan fingerprint density at radius 2 is 1.60 bits per heavy atom. The zero-order valence-electron chi connectivity index (χ0n) is 18.0. The molecule has 1 saturated heterocycles. The average Bonchev–Trinajstić information content (AvgIpc) is 2.74. The molecule has 0 aromatic heterocycles. The van der Waals surface area contributed by atoms with E-state index in [-0.39, 0.29) is 30.2 Å². The van der Waals surface area contributed by atoms with E-state index in [2.05, 4.69) is 16.0 Å². The molecule has 30 heavy (non-hydrogen) atoms. The third-order valence-electron chi connectivity index (χ3n) is 4.50. The highest BCUT2D eigenvalue weighted by Crippen LogP contribution is 2.08. The molecule has 0 aliphatic carbocycles. The molecule has 1 heterocycles. The van der Waals surface area contributed by atoms with E-state index in [0.29, 0.717) is 78.6 Å². The molecule has 0 spiro atoms. The van der Waals surface area contributed by atoms with Gasteiger partial charge in [0.15, 0.2) is 0 Å². The second kappa shape index (κ2) is 18.1. The Hall–Kier alpha value is -1.75. The van der Waals surface area contributed by atoms with E-state index in [9.17, 15) is 14.4 Å². The molecule has 0 bridgehead atoms. The van der Waals surface area contributed by atoms with Gasteiger partial charge >= 0.3 is 0 Å². The van der Waals surface area contributed by atoms with E-state index in [1.54, 1.807) is 7.05 Å². The van der Waals surface area contributed by atoms with Crippen LogP contribution in [0.5, 0.6) is 0 Å². The van der Waals surface area contributed by atoms with Gasteiger partial charge in [-0.25, -0.2) is 0 Å². The van der Waals surface area contributed by atoms with E-state index in [0.717, 1.165) is 12.8 Å². The summed E-state index contributed by atoms with van der Waals surface area (Å²) in [4.78, 5) is 35.4. The smallest absolute Gasteiger partial charge is 0.246 e. The molecule has 0 aromatic rings. The van der Waals surface area contributed by atoms with Crippen molar-refractivity contribution in [3.05, 3.63) is 0 Å². The first-order valence-corrected chi connectivity index (χ1v) is 10.7. The van der Waals surface area contributed by atoms with Gasteiger partial charge in [0.1, 0.15) is 6.61 Å². The van der Waals surface area contributed by atoms with Crippen LogP contribution in [-0.4, -0.2) is 90.7 Å². The molecule has 3 amide bonds. The summed E-state index contributed by atoms with van der Waals surface area (Å²) in [5, 5.41) is 8.23. The fourth-order valence-electron chi connectivity index (χ4n) is 2.75. The highest BCUT2D eigenvalue weighted by Gasteiger charge is 2.14. The summed E-state index contributed by atoms with van der Waals surface area (Å²) in [5.41, 5.74) is 0. The first-order chi connectivity index (χ1) is 14.6. The lowest BCUT2D eigenvalue weighted by Crippen LogP contribution is -2.33. The molecule has 10 nitrogen and oxygen atoms in total. The van der Waals surface area contributed by atoms with Gasteiger partial charge in [-0.05, 0) is 25.2 Å². The molecule has 1 fully saturated rings. The summed E-state index contributed by atoms with van der Waals surface area (Å²) in [7, 11) is 1.59. The molecule has 0 aromatic carbocycles. The maximum Gasteiger partial charge on any atom is 0.246 e. The maximum atomic E-state index is 12.0. The Labute approximate surface area is 178 Å². The summed E-state index contributed by atoms with van der Waals surface area (Å²) in [6.07, 6.45) is 2.93. The van der Waals surface area contributed by atoms with Crippen molar-refractivity contribution in [2.24, 2.45) is 5.92 Å². The minimum absolute atomic E-state index is 0.0122. The molecule has 0 saturated carbocycles. The molecule has 1 aliphatic heterocycles. The molecular weight excluding hydrogens is 394 g/mol. The van der Waals surface area contributed by atoms with Crippen molar-refractivity contribution in [3.63, 3.8) is 0 Å². The second-order valence-electron chi connectivity index (χ2n) is 7.03. The molecule has 10 heteroatoms. The molecule has 1 aliphatic rings. The Kier molecular flexibility index (Phi) is 15.8. The minimum atomic E-state index is -0.208. The molecule has 174 valence electrons. The second-order valence-corrected chi connectivity index (χ2v) is 7.03. The van der Waals surface area contributed by atoms with Crippen LogP contribution in [-0.2, 0) is 33.3 Å². The molecule has 0 radical (unpaired) electrons. The van der Waals surface area contributed by atoms with Crippen molar-refractivity contribution in [2.45, 2.75) is 32.1 Å². The molecule has 3 N–H and O–H groups in total. The number of carbonyl (C=O) groups is 3. The minimum Gasteiger partial charge on any atom is -0.380 e. The predicted octanol–water partition coefficient (Wildman–Crippen LogP) is -0.388. The molecule has 1 atom stereocenters. The van der Waals surface area contributed by atoms with Crippen LogP contribution >= 0.6 is 0 Å². The number of amides is 3. The number of rotatable bonds is 2. The zero-order chi connectivity index (χ0) is 21.9. The number of carbonyl (C=O) groups excluding carboxylic acids is 3. The van der Waals surface area contributed by atoms with Crippen LogP contribution in [0, 0.1) is 5.92 Å². The van der Waals surface area contributed by atoms with Crippen LogP contribution in [0.25, 0.3) is 0 Å². The van der Waals surface area contributed by atoms with Crippen LogP contribution in [0.15, 0.2) is 0 Å². The van der Waals surface area contributed by atoms with Gasteiger partial charge in [-0.15, -0.1) is 0 Å². The summed E-state index contributed by atoms with van der Waals surface area (Å²) >= 11 is 0. The van der Waals surface area contributed by atoms with Gasteiger partial charge in [-0.3, -0.25) is 14.4 Å². The topological polar surface area (TPSA) is 124 Å². The van der Waals surface area contributed by atoms with E-state index >= 15 is 0 Å². The Morgan fingerprint density at radius 3 is 2.37 bits per heavy atom. The lowest BCUT2D eigenvalue weighted by molar-refractivity contribution is -0.126. The van der Waals surface area contributed by atoms with Gasteiger partial charge in [0.25, 0.3) is 0 Å². The lowest BCUT2D eigenvalue weighted by atomic mass is 10.0. The highest BCUT2D eigenvalue weighted by molar-refractivity contribution is 5.77. The normalized spacial score (nSPS) is 23.0. The quantitative estimate of drug-likeness (QED) is 0.544. The van der Waals surface area contributed by atoms with E-state index in [4.69, 9.17) is 18.9 Å². The van der Waals surface area contributed by atoms with Crippen molar-refractivity contribution in [3.8, 4) is 0 Å². The third kappa shape index (κ3) is 15.1. The van der Waals surface area contributed by atoms with Crippen LogP contribution in [0.3, 0.4) is 0 Å². The summed E-state index contributed by atoms with van der Waals surface area (Å²) in [6.45, 7) is 3.85. The Bertz CT molecular complexity index is 491. The summed E-state index contributed by atoms with van der Waals surface area (Å²) in [6, 6.07) is 0. The SMILES string of the molecule is CNC(=O)CC1CCOCCNC(=O)COCCOCCOCCCCC(=O)NC1. The molecule has 1 unspecified atom stereocenters. The van der Waals surface area contributed by atoms with Crippen LogP contribution in [0.4, 0.5) is 0 Å². The Balaban J connectivity index is 2.42. The van der Waals surface area contributed by atoms with Crippen molar-refractivity contribution < 1.29 is 33.3 Å². The van der Waals surface area contributed by atoms with Gasteiger partial charge in [-0.2, -0.15) is 0 Å². The largest absolute Gasteiger partial charge is 0.380 e. The monoisotopic (exact) mass is 431 g/mol. The molecular formula is C20H37N3O7. The van der Waals surface area contributed by atoms with Gasteiger partial charge in [-0.1, -0.05) is 0 Å². The first kappa shape index (κ1) is 26.3. The van der Waals surface area contributed by atoms with Crippen molar-refractivity contribution in [2.75, 3.05) is 73.0 Å². The fraction of sp³-hybridized carbons (Fsp3) is 0.850. The van der Waals surface area contributed by atoms with E-state index < -0.39 is 0 Å². The van der Waals surface area contributed by atoms with Gasteiger partial charge < -0.3 is 34.9 Å². The number of ether oxygens (including phenoxy) is 4. The fourth-order valence-corrected chi connectivity index (χ4v) is 2.75. The maximum absolute atomic E-state index is 12.0. The summed E-state index contributed by atoms with van der Waals surface area (Å²) in [5.74, 6) is -0.315. The van der Waals surface area contributed by atoms with Crippen molar-refractivity contribution >= 4 is 17.7 Å². The van der Waals surface area contributed by atoms with Gasteiger partial charge in [0.05, 0.1) is 33.0 Å². The predicted molar refractivity (Wildman–Crippen MR) is 110 cm³/mol. The van der Waals surface area contributed by atoms with Gasteiger partial charge in [0.2, 0.25) is 17.7 Å². The average molecular weight is 432 g/mol. The van der Waals surface area contributed by atoms with Crippen molar-refractivity contribution in [1.29, 1.82) is 0 Å². The highest BCUT2D eigenvalue weighted by atomic mass is 16.5. The van der Waals surface area contributed by atoms with Crippen molar-refractivity contribution in [1.82, 2.24) is 16.0 Å². The number of hydrogen-bond donors (Lipinski definition) is 3. The first-order valence-electron chi connectivity index (χ1n) is 10.7.